The molecule has 1 aliphatic heterocycles. The molecule has 0 radical (unpaired) electrons. The number of alkyl halides is 3. The van der Waals surface area contributed by atoms with Gasteiger partial charge in [0.25, 0.3) is 0 Å². The highest BCUT2D eigenvalue weighted by Gasteiger charge is 2.31. The highest BCUT2D eigenvalue weighted by atomic mass is 19.4. The first-order chi connectivity index (χ1) is 11.0. The molecule has 0 spiro atoms. The molecule has 0 aliphatic carbocycles. The third-order valence-corrected chi connectivity index (χ3v) is 3.99. The van der Waals surface area contributed by atoms with Crippen LogP contribution < -0.4 is 15.4 Å². The Labute approximate surface area is 135 Å². The van der Waals surface area contributed by atoms with Crippen molar-refractivity contribution < 1.29 is 17.9 Å². The van der Waals surface area contributed by atoms with Crippen LogP contribution in [-0.2, 0) is 6.54 Å². The summed E-state index contributed by atoms with van der Waals surface area (Å²) >= 11 is 0. The van der Waals surface area contributed by atoms with E-state index in [1.54, 1.807) is 12.1 Å². The van der Waals surface area contributed by atoms with E-state index in [9.17, 15) is 13.2 Å². The summed E-state index contributed by atoms with van der Waals surface area (Å²) in [5.74, 6) is -0.168. The monoisotopic (exact) mass is 331 g/mol. The number of rotatable bonds is 7. The minimum absolute atomic E-state index is 0.168. The van der Waals surface area contributed by atoms with Gasteiger partial charge in [-0.2, -0.15) is 0 Å². The standard InChI is InChI=1S/C16H24F3N3O/c1-20-7-10-22-8-5-14(6-9-22)21-12-13-3-2-4-15(11-13)23-16(17,18)19/h2-4,11,14,20-21H,5-10,12H2,1H3. The quantitative estimate of drug-likeness (QED) is 0.804. The van der Waals surface area contributed by atoms with Crippen molar-refractivity contribution in [2.24, 2.45) is 0 Å². The van der Waals surface area contributed by atoms with Crippen LogP contribution in [-0.4, -0.2) is 50.5 Å². The Morgan fingerprint density at radius 3 is 2.65 bits per heavy atom. The molecule has 130 valence electrons. The molecule has 1 heterocycles. The summed E-state index contributed by atoms with van der Waals surface area (Å²) in [6, 6.07) is 6.55. The largest absolute Gasteiger partial charge is 0.573 e. The highest BCUT2D eigenvalue weighted by Crippen LogP contribution is 2.23. The first kappa shape index (κ1) is 18.0. The van der Waals surface area contributed by atoms with Crippen molar-refractivity contribution in [1.29, 1.82) is 0 Å². The van der Waals surface area contributed by atoms with Crippen LogP contribution in [0.15, 0.2) is 24.3 Å². The molecule has 1 aliphatic rings. The Hall–Kier alpha value is -1.31. The number of hydrogen-bond donors (Lipinski definition) is 2. The second kappa shape index (κ2) is 8.52. The third kappa shape index (κ3) is 6.76. The summed E-state index contributed by atoms with van der Waals surface area (Å²) in [5, 5.41) is 6.57. The average Bonchev–Trinajstić information content (AvgIpc) is 2.51. The molecule has 1 saturated heterocycles. The van der Waals surface area contributed by atoms with Crippen LogP contribution in [0.2, 0.25) is 0 Å². The van der Waals surface area contributed by atoms with Gasteiger partial charge in [0, 0.05) is 25.7 Å². The summed E-state index contributed by atoms with van der Waals surface area (Å²) in [4.78, 5) is 2.42. The molecular weight excluding hydrogens is 307 g/mol. The van der Waals surface area contributed by atoms with Crippen molar-refractivity contribution in [3.8, 4) is 5.75 Å². The molecule has 0 unspecified atom stereocenters. The normalized spacial score (nSPS) is 17.4. The summed E-state index contributed by atoms with van der Waals surface area (Å²) in [5.41, 5.74) is 0.796. The van der Waals surface area contributed by atoms with Gasteiger partial charge in [-0.25, -0.2) is 0 Å². The van der Waals surface area contributed by atoms with Crippen molar-refractivity contribution in [1.82, 2.24) is 15.5 Å². The van der Waals surface area contributed by atoms with Crippen LogP contribution in [0.3, 0.4) is 0 Å². The fraction of sp³-hybridized carbons (Fsp3) is 0.625. The molecule has 0 saturated carbocycles. The number of piperidine rings is 1. The number of likely N-dealkylation sites (N-methyl/N-ethyl adjacent to an activating group) is 1. The number of ether oxygens (including phenoxy) is 1. The Bertz CT molecular complexity index is 474. The minimum Gasteiger partial charge on any atom is -0.406 e. The number of likely N-dealkylation sites (tertiary alicyclic amines) is 1. The lowest BCUT2D eigenvalue weighted by atomic mass is 10.0. The number of hydrogen-bond acceptors (Lipinski definition) is 4. The van der Waals surface area contributed by atoms with Crippen LogP contribution >= 0.6 is 0 Å². The SMILES string of the molecule is CNCCN1CCC(NCc2cccc(OC(F)(F)F)c2)CC1. The second-order valence-corrected chi connectivity index (χ2v) is 5.80. The summed E-state index contributed by atoms with van der Waals surface area (Å²) in [7, 11) is 1.95. The smallest absolute Gasteiger partial charge is 0.406 e. The lowest BCUT2D eigenvalue weighted by Gasteiger charge is -2.32. The van der Waals surface area contributed by atoms with E-state index in [1.807, 2.05) is 7.05 Å². The summed E-state index contributed by atoms with van der Waals surface area (Å²) < 4.78 is 40.6. The molecule has 4 nitrogen and oxygen atoms in total. The molecule has 0 bridgehead atoms. The average molecular weight is 331 g/mol. The van der Waals surface area contributed by atoms with Crippen LogP contribution in [0.4, 0.5) is 13.2 Å². The molecule has 23 heavy (non-hydrogen) atoms. The van der Waals surface area contributed by atoms with Gasteiger partial charge in [0.05, 0.1) is 0 Å². The van der Waals surface area contributed by atoms with Gasteiger partial charge in [0.1, 0.15) is 5.75 Å². The van der Waals surface area contributed by atoms with E-state index in [1.165, 1.54) is 12.1 Å². The minimum atomic E-state index is -4.65. The van der Waals surface area contributed by atoms with E-state index >= 15 is 0 Å². The molecule has 0 amide bonds. The highest BCUT2D eigenvalue weighted by molar-refractivity contribution is 5.28. The zero-order valence-electron chi connectivity index (χ0n) is 13.3. The van der Waals surface area contributed by atoms with Crippen molar-refractivity contribution in [3.63, 3.8) is 0 Å². The molecule has 0 aromatic heterocycles. The third-order valence-electron chi connectivity index (χ3n) is 3.99. The van der Waals surface area contributed by atoms with Crippen LogP contribution in [0.5, 0.6) is 5.75 Å². The Balaban J connectivity index is 1.75. The fourth-order valence-electron chi connectivity index (χ4n) is 2.75. The van der Waals surface area contributed by atoms with Crippen molar-refractivity contribution >= 4 is 0 Å². The Morgan fingerprint density at radius 1 is 1.26 bits per heavy atom. The maximum atomic E-state index is 12.2. The van der Waals surface area contributed by atoms with Crippen molar-refractivity contribution in [3.05, 3.63) is 29.8 Å². The zero-order valence-corrected chi connectivity index (χ0v) is 13.3. The molecular formula is C16H24F3N3O. The van der Waals surface area contributed by atoms with Crippen molar-refractivity contribution in [2.75, 3.05) is 33.2 Å². The van der Waals surface area contributed by atoms with E-state index in [2.05, 4.69) is 20.3 Å². The molecule has 1 aromatic rings. The second-order valence-electron chi connectivity index (χ2n) is 5.80. The predicted octanol–water partition coefficient (Wildman–Crippen LogP) is 2.36. The number of nitrogens with one attached hydrogen (secondary N) is 2. The fourth-order valence-corrected chi connectivity index (χ4v) is 2.75. The van der Waals surface area contributed by atoms with Crippen LogP contribution in [0.25, 0.3) is 0 Å². The van der Waals surface area contributed by atoms with Gasteiger partial charge >= 0.3 is 6.36 Å². The molecule has 0 atom stereocenters. The molecule has 1 aromatic carbocycles. The lowest BCUT2D eigenvalue weighted by Crippen LogP contribution is -2.44. The molecule has 2 rings (SSSR count). The molecule has 2 N–H and O–H groups in total. The Kier molecular flexibility index (Phi) is 6.68. The number of benzene rings is 1. The molecule has 1 fully saturated rings. The van der Waals surface area contributed by atoms with Gasteiger partial charge in [-0.1, -0.05) is 12.1 Å². The van der Waals surface area contributed by atoms with Gasteiger partial charge in [-0.05, 0) is 50.7 Å². The predicted molar refractivity (Wildman–Crippen MR) is 83.4 cm³/mol. The number of halogens is 3. The van der Waals surface area contributed by atoms with Gasteiger partial charge in [-0.3, -0.25) is 0 Å². The zero-order chi connectivity index (χ0) is 16.7. The first-order valence-corrected chi connectivity index (χ1v) is 7.91. The summed E-state index contributed by atoms with van der Waals surface area (Å²) in [6.45, 7) is 4.70. The lowest BCUT2D eigenvalue weighted by molar-refractivity contribution is -0.274. The first-order valence-electron chi connectivity index (χ1n) is 7.91. The number of nitrogens with zero attached hydrogens (tertiary/aromatic N) is 1. The van der Waals surface area contributed by atoms with E-state index in [-0.39, 0.29) is 5.75 Å². The van der Waals surface area contributed by atoms with Gasteiger partial charge < -0.3 is 20.3 Å². The topological polar surface area (TPSA) is 36.5 Å². The Morgan fingerprint density at radius 2 is 2.00 bits per heavy atom. The van der Waals surface area contributed by atoms with Gasteiger partial charge in [0.2, 0.25) is 0 Å². The van der Waals surface area contributed by atoms with Crippen molar-refractivity contribution in [2.45, 2.75) is 31.8 Å². The van der Waals surface area contributed by atoms with E-state index in [0.29, 0.717) is 12.6 Å². The van der Waals surface area contributed by atoms with Gasteiger partial charge in [-0.15, -0.1) is 13.2 Å². The van der Waals surface area contributed by atoms with Gasteiger partial charge in [0.15, 0.2) is 0 Å². The van der Waals surface area contributed by atoms with Crippen LogP contribution in [0.1, 0.15) is 18.4 Å². The van der Waals surface area contributed by atoms with E-state index < -0.39 is 6.36 Å². The maximum absolute atomic E-state index is 12.2. The van der Waals surface area contributed by atoms with E-state index in [0.717, 1.165) is 44.6 Å². The summed E-state index contributed by atoms with van der Waals surface area (Å²) in [6.07, 6.45) is -2.53. The van der Waals surface area contributed by atoms with Crippen LogP contribution in [0, 0.1) is 0 Å². The maximum Gasteiger partial charge on any atom is 0.573 e. The van der Waals surface area contributed by atoms with E-state index in [4.69, 9.17) is 0 Å². The molecule has 7 heteroatoms.